The third-order valence-corrected chi connectivity index (χ3v) is 7.12. The standard InChI is InChI=1S/C26H28F3N7O4/c1-24(2)39-13-18(40-24)12-38-21-9-20(30-14-31-21)34-23(37)25(15-4-3-5-16(8-15)26(27,28)29)32-10-19-22(35-25)33-17-6-7-36(19)11-17/h3-5,8-10,14,17-18,33,35H,6-7,11-13H2,1-2H3,(H,30,31,34,37)/t17-,18+,25?/m0/s1. The van der Waals surface area contributed by atoms with Crippen molar-refractivity contribution in [2.75, 3.05) is 31.6 Å². The lowest BCUT2D eigenvalue weighted by atomic mass is 9.95. The molecule has 1 aromatic heterocycles. The average molecular weight is 560 g/mol. The van der Waals surface area contributed by atoms with Crippen molar-refractivity contribution < 1.29 is 32.2 Å². The second-order valence-electron chi connectivity index (χ2n) is 10.5. The maximum Gasteiger partial charge on any atom is 0.416 e. The molecule has 14 heteroatoms. The van der Waals surface area contributed by atoms with E-state index in [1.54, 1.807) is 13.8 Å². The molecule has 4 aliphatic heterocycles. The molecule has 1 aromatic carbocycles. The molecule has 2 saturated heterocycles. The molecule has 4 aliphatic rings. The molecule has 0 radical (unpaired) electrons. The number of carbonyl (C=O) groups excluding carboxylic acids is 1. The molecule has 11 nitrogen and oxygen atoms in total. The number of aromatic nitrogens is 2. The van der Waals surface area contributed by atoms with E-state index in [1.807, 2.05) is 0 Å². The summed E-state index contributed by atoms with van der Waals surface area (Å²) >= 11 is 0. The van der Waals surface area contributed by atoms with Crippen LogP contribution in [0.1, 0.15) is 31.4 Å². The van der Waals surface area contributed by atoms with Gasteiger partial charge >= 0.3 is 6.18 Å². The summed E-state index contributed by atoms with van der Waals surface area (Å²) in [5, 5.41) is 9.15. The summed E-state index contributed by atoms with van der Waals surface area (Å²) in [7, 11) is 0. The van der Waals surface area contributed by atoms with Crippen LogP contribution in [0.2, 0.25) is 0 Å². The highest BCUT2D eigenvalue weighted by Gasteiger charge is 2.47. The van der Waals surface area contributed by atoms with Crippen LogP contribution in [0, 0.1) is 0 Å². The molecule has 3 N–H and O–H groups in total. The number of anilines is 1. The topological polar surface area (TPSA) is 122 Å². The van der Waals surface area contributed by atoms with Gasteiger partial charge in [0.1, 0.15) is 30.7 Å². The zero-order valence-electron chi connectivity index (χ0n) is 21.8. The number of nitrogens with zero attached hydrogens (tertiary/aromatic N) is 4. The van der Waals surface area contributed by atoms with Gasteiger partial charge in [0.05, 0.1) is 24.1 Å². The maximum absolute atomic E-state index is 13.9. The van der Waals surface area contributed by atoms with Crippen LogP contribution in [0.25, 0.3) is 0 Å². The number of halogens is 3. The van der Waals surface area contributed by atoms with Gasteiger partial charge in [0.25, 0.3) is 5.91 Å². The smallest absolute Gasteiger partial charge is 0.416 e. The summed E-state index contributed by atoms with van der Waals surface area (Å²) in [5.74, 6) is -0.644. The van der Waals surface area contributed by atoms with Gasteiger partial charge in [-0.25, -0.2) is 15.0 Å². The van der Waals surface area contributed by atoms with E-state index in [2.05, 4.69) is 35.8 Å². The summed E-state index contributed by atoms with van der Waals surface area (Å²) in [6, 6.07) is 6.13. The normalized spacial score (nSPS) is 26.7. The summed E-state index contributed by atoms with van der Waals surface area (Å²) in [4.78, 5) is 28.7. The minimum atomic E-state index is -4.60. The summed E-state index contributed by atoms with van der Waals surface area (Å²) in [5.41, 5.74) is -2.03. The van der Waals surface area contributed by atoms with E-state index in [-0.39, 0.29) is 36.0 Å². The van der Waals surface area contributed by atoms with Crippen molar-refractivity contribution in [3.63, 3.8) is 0 Å². The Hall–Kier alpha value is -3.91. The van der Waals surface area contributed by atoms with Crippen LogP contribution in [0.4, 0.5) is 19.0 Å². The quantitative estimate of drug-likeness (QED) is 0.490. The third-order valence-electron chi connectivity index (χ3n) is 7.12. The van der Waals surface area contributed by atoms with E-state index in [0.29, 0.717) is 12.4 Å². The van der Waals surface area contributed by atoms with Crippen molar-refractivity contribution in [1.82, 2.24) is 25.5 Å². The van der Waals surface area contributed by atoms with Crippen LogP contribution in [-0.2, 0) is 26.1 Å². The lowest BCUT2D eigenvalue weighted by Gasteiger charge is -2.40. The number of rotatable bonds is 6. The second-order valence-corrected chi connectivity index (χ2v) is 10.5. The van der Waals surface area contributed by atoms with Crippen molar-refractivity contribution in [1.29, 1.82) is 0 Å². The van der Waals surface area contributed by atoms with Crippen molar-refractivity contribution in [3.8, 4) is 5.88 Å². The minimum absolute atomic E-state index is 0.0175. The summed E-state index contributed by atoms with van der Waals surface area (Å²) < 4.78 is 57.8. The molecule has 0 spiro atoms. The predicted octanol–water partition coefficient (Wildman–Crippen LogP) is 2.34. The Balaban J connectivity index is 1.27. The zero-order valence-corrected chi connectivity index (χ0v) is 21.8. The van der Waals surface area contributed by atoms with E-state index in [0.717, 1.165) is 37.3 Å². The molecule has 0 saturated carbocycles. The fourth-order valence-electron chi connectivity index (χ4n) is 5.18. The largest absolute Gasteiger partial charge is 0.475 e. The SMILES string of the molecule is CC1(C)OC[C@@H](COc2cc(NC(=O)C3(c4cccc(C(F)(F)F)c4)N=CC4=C(N[C@H]5CCN4C5)N3)ncn2)O1. The molecule has 6 rings (SSSR count). The van der Waals surface area contributed by atoms with Crippen LogP contribution < -0.4 is 20.7 Å². The Labute approximate surface area is 227 Å². The number of carbonyl (C=O) groups is 1. The number of fused-ring (bicyclic) bond motifs is 3. The summed E-state index contributed by atoms with van der Waals surface area (Å²) in [6.07, 6.45) is -1.27. The number of nitrogens with one attached hydrogen (secondary N) is 3. The lowest BCUT2D eigenvalue weighted by Crippen LogP contribution is -2.57. The lowest BCUT2D eigenvalue weighted by molar-refractivity contribution is -0.141. The number of amides is 1. The van der Waals surface area contributed by atoms with Gasteiger partial charge in [0, 0.05) is 30.8 Å². The van der Waals surface area contributed by atoms with Crippen molar-refractivity contribution >= 4 is 17.9 Å². The van der Waals surface area contributed by atoms with Gasteiger partial charge in [-0.1, -0.05) is 12.1 Å². The Morgan fingerprint density at radius 2 is 2.12 bits per heavy atom. The molecule has 5 heterocycles. The molecule has 2 fully saturated rings. The summed E-state index contributed by atoms with van der Waals surface area (Å²) in [6.45, 7) is 5.72. The van der Waals surface area contributed by atoms with Crippen LogP contribution >= 0.6 is 0 Å². The maximum atomic E-state index is 13.9. The first-order chi connectivity index (χ1) is 19.0. The molecular formula is C26H28F3N7O4. The minimum Gasteiger partial charge on any atom is -0.475 e. The highest BCUT2D eigenvalue weighted by molar-refractivity contribution is 6.00. The Bertz CT molecular complexity index is 1380. The van der Waals surface area contributed by atoms with Crippen molar-refractivity contribution in [2.24, 2.45) is 4.99 Å². The Morgan fingerprint density at radius 3 is 2.90 bits per heavy atom. The van der Waals surface area contributed by atoms with Gasteiger partial charge in [-0.2, -0.15) is 13.2 Å². The first-order valence-corrected chi connectivity index (χ1v) is 12.9. The number of hydrogen-bond donors (Lipinski definition) is 3. The number of allylic oxidation sites excluding steroid dienone is 1. The zero-order chi connectivity index (χ0) is 28.1. The van der Waals surface area contributed by atoms with Crippen molar-refractivity contribution in [3.05, 3.63) is 59.3 Å². The van der Waals surface area contributed by atoms with Gasteiger partial charge in [-0.3, -0.25) is 4.79 Å². The van der Waals surface area contributed by atoms with Gasteiger partial charge in [0.15, 0.2) is 5.79 Å². The Kier molecular flexibility index (Phi) is 6.33. The van der Waals surface area contributed by atoms with Crippen molar-refractivity contribution in [2.45, 2.75) is 50.0 Å². The second kappa shape index (κ2) is 9.63. The molecule has 1 amide bonds. The number of ether oxygens (including phenoxy) is 3. The van der Waals surface area contributed by atoms with Gasteiger partial charge in [-0.15, -0.1) is 0 Å². The van der Waals surface area contributed by atoms with Crippen LogP contribution in [0.5, 0.6) is 5.88 Å². The molecule has 3 atom stereocenters. The molecule has 1 unspecified atom stereocenters. The molecule has 2 bridgehead atoms. The molecule has 212 valence electrons. The highest BCUT2D eigenvalue weighted by Crippen LogP contribution is 2.36. The van der Waals surface area contributed by atoms with Gasteiger partial charge in [-0.05, 0) is 32.4 Å². The van der Waals surface area contributed by atoms with E-state index in [1.165, 1.54) is 30.7 Å². The Morgan fingerprint density at radius 1 is 1.27 bits per heavy atom. The van der Waals surface area contributed by atoms with E-state index < -0.39 is 29.1 Å². The van der Waals surface area contributed by atoms with Crippen LogP contribution in [-0.4, -0.2) is 71.2 Å². The molecular weight excluding hydrogens is 531 g/mol. The highest BCUT2D eigenvalue weighted by atomic mass is 19.4. The van der Waals surface area contributed by atoms with E-state index >= 15 is 0 Å². The average Bonchev–Trinajstić information content (AvgIpc) is 3.48. The van der Waals surface area contributed by atoms with Gasteiger partial charge in [0.2, 0.25) is 11.5 Å². The number of benzene rings is 1. The first kappa shape index (κ1) is 26.3. The molecule has 0 aliphatic carbocycles. The van der Waals surface area contributed by atoms with E-state index in [9.17, 15) is 18.0 Å². The van der Waals surface area contributed by atoms with E-state index in [4.69, 9.17) is 14.2 Å². The molecule has 40 heavy (non-hydrogen) atoms. The van der Waals surface area contributed by atoms with Crippen LogP contribution in [0.3, 0.4) is 0 Å². The van der Waals surface area contributed by atoms with Crippen LogP contribution in [0.15, 0.2) is 53.2 Å². The predicted molar refractivity (Wildman–Crippen MR) is 136 cm³/mol. The monoisotopic (exact) mass is 559 g/mol. The fourth-order valence-corrected chi connectivity index (χ4v) is 5.18. The first-order valence-electron chi connectivity index (χ1n) is 12.9. The number of hydrogen-bond acceptors (Lipinski definition) is 10. The number of aliphatic imine (C=N–C) groups is 1. The number of alkyl halides is 3. The van der Waals surface area contributed by atoms with Gasteiger partial charge < -0.3 is 35.1 Å². The molecule has 2 aromatic rings. The third kappa shape index (κ3) is 5.04. The fraction of sp³-hybridized carbons (Fsp3) is 0.462.